The number of rotatable bonds is 3. The largest absolute Gasteiger partial charge is 0.314 e. The van der Waals surface area contributed by atoms with Crippen LogP contribution in [0.3, 0.4) is 0 Å². The van der Waals surface area contributed by atoms with Crippen LogP contribution in [0, 0.1) is 12.8 Å². The van der Waals surface area contributed by atoms with Crippen LogP contribution in [0.2, 0.25) is 0 Å². The molecule has 0 radical (unpaired) electrons. The van der Waals surface area contributed by atoms with Crippen LogP contribution in [0.15, 0.2) is 12.1 Å². The van der Waals surface area contributed by atoms with Crippen LogP contribution in [0.4, 0.5) is 0 Å². The molecule has 0 aliphatic heterocycles. The molecular formula is C12H19NS. The van der Waals surface area contributed by atoms with Gasteiger partial charge in [0, 0.05) is 15.8 Å². The van der Waals surface area contributed by atoms with Gasteiger partial charge in [-0.1, -0.05) is 13.8 Å². The maximum Gasteiger partial charge on any atom is 0.0105 e. The summed E-state index contributed by atoms with van der Waals surface area (Å²) < 4.78 is 0. The molecule has 0 saturated heterocycles. The van der Waals surface area contributed by atoms with Crippen LogP contribution in [0.25, 0.3) is 0 Å². The molecule has 1 aliphatic carbocycles. The summed E-state index contributed by atoms with van der Waals surface area (Å²) in [5.41, 5.74) is 0. The number of hydrogen-bond acceptors (Lipinski definition) is 2. The van der Waals surface area contributed by atoms with Crippen molar-refractivity contribution < 1.29 is 0 Å². The molecule has 1 fully saturated rings. The van der Waals surface area contributed by atoms with E-state index in [0.29, 0.717) is 0 Å². The minimum absolute atomic E-state index is 0.757. The van der Waals surface area contributed by atoms with E-state index in [0.717, 1.165) is 24.4 Å². The summed E-state index contributed by atoms with van der Waals surface area (Å²) in [6.45, 7) is 7.86. The monoisotopic (exact) mass is 209 g/mol. The van der Waals surface area contributed by atoms with Gasteiger partial charge >= 0.3 is 0 Å². The molecule has 3 atom stereocenters. The van der Waals surface area contributed by atoms with E-state index in [2.05, 4.69) is 38.2 Å². The first-order valence-electron chi connectivity index (χ1n) is 5.52. The lowest BCUT2D eigenvalue weighted by molar-refractivity contribution is 0.190. The van der Waals surface area contributed by atoms with E-state index >= 15 is 0 Å². The topological polar surface area (TPSA) is 12.0 Å². The van der Waals surface area contributed by atoms with Crippen molar-refractivity contribution in [3.05, 3.63) is 21.9 Å². The quantitative estimate of drug-likeness (QED) is 0.806. The van der Waals surface area contributed by atoms with Gasteiger partial charge in [0.1, 0.15) is 0 Å². The Morgan fingerprint density at radius 3 is 2.79 bits per heavy atom. The lowest BCUT2D eigenvalue weighted by Crippen LogP contribution is -2.47. The zero-order chi connectivity index (χ0) is 10.1. The highest BCUT2D eigenvalue weighted by Gasteiger charge is 2.38. The van der Waals surface area contributed by atoms with Gasteiger partial charge in [-0.15, -0.1) is 11.3 Å². The van der Waals surface area contributed by atoms with Crippen LogP contribution < -0.4 is 5.32 Å². The molecule has 0 spiro atoms. The fourth-order valence-electron chi connectivity index (χ4n) is 2.35. The molecule has 1 nitrogen and oxygen atoms in total. The van der Waals surface area contributed by atoms with Gasteiger partial charge in [-0.2, -0.15) is 0 Å². The fraction of sp³-hybridized carbons (Fsp3) is 0.667. The summed E-state index contributed by atoms with van der Waals surface area (Å²) in [5, 5.41) is 3.54. The van der Waals surface area contributed by atoms with Crippen LogP contribution in [-0.2, 0) is 0 Å². The molecule has 78 valence electrons. The third kappa shape index (κ3) is 1.73. The zero-order valence-electron chi connectivity index (χ0n) is 9.21. The Balaban J connectivity index is 1.97. The second kappa shape index (κ2) is 4.03. The van der Waals surface area contributed by atoms with E-state index in [1.165, 1.54) is 11.3 Å². The van der Waals surface area contributed by atoms with Crippen molar-refractivity contribution in [3.63, 3.8) is 0 Å². The Hall–Kier alpha value is -0.340. The normalized spacial score (nSPS) is 31.5. The maximum absolute atomic E-state index is 3.54. The molecule has 1 aromatic rings. The first-order chi connectivity index (χ1) is 6.72. The van der Waals surface area contributed by atoms with Crippen LogP contribution >= 0.6 is 11.3 Å². The second-order valence-electron chi connectivity index (χ2n) is 4.31. The first-order valence-corrected chi connectivity index (χ1v) is 6.33. The number of nitrogens with one attached hydrogen (secondary N) is 1. The maximum atomic E-state index is 3.54. The minimum atomic E-state index is 0.757. The lowest BCUT2D eigenvalue weighted by Gasteiger charge is -2.43. The average molecular weight is 209 g/mol. The van der Waals surface area contributed by atoms with E-state index < -0.39 is 0 Å². The molecule has 1 saturated carbocycles. The van der Waals surface area contributed by atoms with Crippen molar-refractivity contribution in [3.8, 4) is 0 Å². The van der Waals surface area contributed by atoms with Gasteiger partial charge in [-0.3, -0.25) is 0 Å². The van der Waals surface area contributed by atoms with Gasteiger partial charge in [0.05, 0.1) is 0 Å². The predicted octanol–water partition coefficient (Wildman–Crippen LogP) is 3.16. The van der Waals surface area contributed by atoms with Crippen molar-refractivity contribution in [1.29, 1.82) is 0 Å². The van der Waals surface area contributed by atoms with Crippen molar-refractivity contribution in [2.45, 2.75) is 39.2 Å². The summed E-state index contributed by atoms with van der Waals surface area (Å²) in [6, 6.07) is 5.31. The Labute approximate surface area is 90.5 Å². The molecule has 3 unspecified atom stereocenters. The van der Waals surface area contributed by atoms with Crippen LogP contribution in [0.1, 0.15) is 35.9 Å². The molecule has 0 amide bonds. The molecule has 2 heteroatoms. The molecule has 1 heterocycles. The molecule has 2 rings (SSSR count). The van der Waals surface area contributed by atoms with Gasteiger partial charge in [0.25, 0.3) is 0 Å². The Kier molecular flexibility index (Phi) is 2.93. The van der Waals surface area contributed by atoms with Gasteiger partial charge in [-0.05, 0) is 43.9 Å². The fourth-order valence-corrected chi connectivity index (χ4v) is 3.45. The van der Waals surface area contributed by atoms with E-state index in [4.69, 9.17) is 0 Å². The Bertz CT molecular complexity index is 305. The van der Waals surface area contributed by atoms with Crippen molar-refractivity contribution >= 4 is 11.3 Å². The molecule has 1 N–H and O–H groups in total. The van der Waals surface area contributed by atoms with Crippen LogP contribution in [0.5, 0.6) is 0 Å². The number of thiophene rings is 1. The van der Waals surface area contributed by atoms with Gasteiger partial charge in [0.2, 0.25) is 0 Å². The lowest BCUT2D eigenvalue weighted by atomic mass is 9.69. The van der Waals surface area contributed by atoms with Gasteiger partial charge in [0.15, 0.2) is 0 Å². The molecular weight excluding hydrogens is 190 g/mol. The number of hydrogen-bond donors (Lipinski definition) is 1. The Morgan fingerprint density at radius 1 is 1.50 bits per heavy atom. The van der Waals surface area contributed by atoms with Crippen molar-refractivity contribution in [2.24, 2.45) is 5.92 Å². The molecule has 1 aromatic heterocycles. The standard InChI is InChI=1S/C12H19NS/c1-4-13-11-7-10(9(11)3)12-6-5-8(2)14-12/h5-6,9-11,13H,4,7H2,1-3H3. The minimum Gasteiger partial charge on any atom is -0.314 e. The zero-order valence-corrected chi connectivity index (χ0v) is 10.0. The van der Waals surface area contributed by atoms with E-state index in [-0.39, 0.29) is 0 Å². The smallest absolute Gasteiger partial charge is 0.0105 e. The highest BCUT2D eigenvalue weighted by atomic mass is 32.1. The molecule has 0 aromatic carbocycles. The highest BCUT2D eigenvalue weighted by Crippen LogP contribution is 2.44. The molecule has 1 aliphatic rings. The van der Waals surface area contributed by atoms with Crippen molar-refractivity contribution in [2.75, 3.05) is 6.54 Å². The highest BCUT2D eigenvalue weighted by molar-refractivity contribution is 7.12. The summed E-state index contributed by atoms with van der Waals surface area (Å²) in [7, 11) is 0. The van der Waals surface area contributed by atoms with E-state index in [1.54, 1.807) is 4.88 Å². The van der Waals surface area contributed by atoms with Gasteiger partial charge < -0.3 is 5.32 Å². The van der Waals surface area contributed by atoms with Gasteiger partial charge in [-0.25, -0.2) is 0 Å². The SMILES string of the molecule is CCNC1CC(c2ccc(C)s2)C1C. The third-order valence-electron chi connectivity index (χ3n) is 3.37. The first kappa shape index (κ1) is 10.2. The number of aryl methyl sites for hydroxylation is 1. The molecule has 14 heavy (non-hydrogen) atoms. The third-order valence-corrected chi connectivity index (χ3v) is 4.50. The summed E-state index contributed by atoms with van der Waals surface area (Å²) in [5.74, 6) is 1.63. The molecule has 0 bridgehead atoms. The predicted molar refractivity (Wildman–Crippen MR) is 63.0 cm³/mol. The van der Waals surface area contributed by atoms with E-state index in [9.17, 15) is 0 Å². The Morgan fingerprint density at radius 2 is 2.29 bits per heavy atom. The summed E-state index contributed by atoms with van der Waals surface area (Å²) in [4.78, 5) is 3.03. The summed E-state index contributed by atoms with van der Waals surface area (Å²) >= 11 is 1.97. The van der Waals surface area contributed by atoms with E-state index in [1.807, 2.05) is 11.3 Å². The van der Waals surface area contributed by atoms with Crippen molar-refractivity contribution in [1.82, 2.24) is 5.32 Å². The van der Waals surface area contributed by atoms with Crippen LogP contribution in [-0.4, -0.2) is 12.6 Å². The summed E-state index contributed by atoms with van der Waals surface area (Å²) in [6.07, 6.45) is 1.33. The second-order valence-corrected chi connectivity index (χ2v) is 5.63. The average Bonchev–Trinajstić information content (AvgIpc) is 2.57.